The van der Waals surface area contributed by atoms with Gasteiger partial charge in [0.05, 0.1) is 16.2 Å². The summed E-state index contributed by atoms with van der Waals surface area (Å²) in [6.07, 6.45) is 0.574. The SMILES string of the molecule is CC(C)(C)c1ccc([C@H]2Oc3c(Br)cc(Br)cc3[C@@H]3CC(c4ccccc4)=NN23)cc1. The van der Waals surface area contributed by atoms with Crippen molar-refractivity contribution >= 4 is 37.6 Å². The predicted octanol–water partition coefficient (Wildman–Crippen LogP) is 7.75. The van der Waals surface area contributed by atoms with E-state index in [9.17, 15) is 0 Å². The van der Waals surface area contributed by atoms with Crippen LogP contribution >= 0.6 is 31.9 Å². The number of benzene rings is 3. The molecule has 0 radical (unpaired) electrons. The molecule has 0 spiro atoms. The zero-order valence-electron chi connectivity index (χ0n) is 17.8. The first-order chi connectivity index (χ1) is 14.8. The van der Waals surface area contributed by atoms with Gasteiger partial charge in [-0.3, -0.25) is 0 Å². The molecule has 31 heavy (non-hydrogen) atoms. The van der Waals surface area contributed by atoms with Gasteiger partial charge in [0, 0.05) is 22.0 Å². The van der Waals surface area contributed by atoms with E-state index in [-0.39, 0.29) is 17.7 Å². The lowest BCUT2D eigenvalue weighted by molar-refractivity contribution is -0.0197. The number of hydrazone groups is 1. The summed E-state index contributed by atoms with van der Waals surface area (Å²) in [5.41, 5.74) is 5.94. The Bertz CT molecular complexity index is 1150. The summed E-state index contributed by atoms with van der Waals surface area (Å²) in [6, 6.07) is 23.5. The Morgan fingerprint density at radius 3 is 2.35 bits per heavy atom. The van der Waals surface area contributed by atoms with Crippen LogP contribution in [0.1, 0.15) is 61.7 Å². The molecule has 0 N–H and O–H groups in total. The van der Waals surface area contributed by atoms with E-state index in [2.05, 4.69) is 112 Å². The molecule has 5 heteroatoms. The zero-order chi connectivity index (χ0) is 21.8. The van der Waals surface area contributed by atoms with E-state index < -0.39 is 0 Å². The van der Waals surface area contributed by atoms with Crippen molar-refractivity contribution in [2.24, 2.45) is 5.10 Å². The second-order valence-corrected chi connectivity index (χ2v) is 10.9. The molecule has 3 aromatic carbocycles. The van der Waals surface area contributed by atoms with Gasteiger partial charge in [-0.2, -0.15) is 5.10 Å². The van der Waals surface area contributed by atoms with E-state index in [1.165, 1.54) is 5.56 Å². The van der Waals surface area contributed by atoms with E-state index in [1.807, 2.05) is 12.1 Å². The summed E-state index contributed by atoms with van der Waals surface area (Å²) in [7, 11) is 0. The number of fused-ring (bicyclic) bond motifs is 3. The Balaban J connectivity index is 1.60. The Labute approximate surface area is 200 Å². The van der Waals surface area contributed by atoms with Gasteiger partial charge in [0.25, 0.3) is 0 Å². The lowest BCUT2D eigenvalue weighted by Crippen LogP contribution is -2.34. The van der Waals surface area contributed by atoms with Gasteiger partial charge in [-0.1, -0.05) is 91.3 Å². The number of hydrogen-bond donors (Lipinski definition) is 0. The average Bonchev–Trinajstić information content (AvgIpc) is 3.19. The molecule has 5 rings (SSSR count). The third kappa shape index (κ3) is 3.83. The number of halogens is 2. The van der Waals surface area contributed by atoms with Gasteiger partial charge in [0.15, 0.2) is 0 Å². The highest BCUT2D eigenvalue weighted by molar-refractivity contribution is 9.11. The first-order valence-electron chi connectivity index (χ1n) is 10.5. The molecule has 0 aromatic heterocycles. The molecule has 0 saturated carbocycles. The molecule has 158 valence electrons. The van der Waals surface area contributed by atoms with Crippen LogP contribution in [0, 0.1) is 0 Å². The minimum Gasteiger partial charge on any atom is -0.463 e. The smallest absolute Gasteiger partial charge is 0.213 e. The second-order valence-electron chi connectivity index (χ2n) is 9.16. The highest BCUT2D eigenvalue weighted by atomic mass is 79.9. The Kier molecular flexibility index (Phi) is 5.22. The van der Waals surface area contributed by atoms with Crippen LogP contribution in [0.3, 0.4) is 0 Å². The van der Waals surface area contributed by atoms with Crippen molar-refractivity contribution in [1.82, 2.24) is 5.01 Å². The fourth-order valence-electron chi connectivity index (χ4n) is 4.29. The molecule has 3 aromatic rings. The van der Waals surface area contributed by atoms with Crippen LogP contribution in [-0.2, 0) is 5.41 Å². The molecule has 0 aliphatic carbocycles. The molecular weight excluding hydrogens is 516 g/mol. The molecule has 2 atom stereocenters. The predicted molar refractivity (Wildman–Crippen MR) is 133 cm³/mol. The number of ether oxygens (including phenoxy) is 1. The Morgan fingerprint density at radius 2 is 1.68 bits per heavy atom. The quantitative estimate of drug-likeness (QED) is 0.332. The topological polar surface area (TPSA) is 24.8 Å². The first-order valence-corrected chi connectivity index (χ1v) is 12.1. The van der Waals surface area contributed by atoms with Crippen molar-refractivity contribution in [3.05, 3.63) is 97.9 Å². The fraction of sp³-hybridized carbons (Fsp3) is 0.269. The van der Waals surface area contributed by atoms with Crippen molar-refractivity contribution < 1.29 is 4.74 Å². The van der Waals surface area contributed by atoms with Crippen molar-refractivity contribution in [3.8, 4) is 5.75 Å². The highest BCUT2D eigenvalue weighted by Crippen LogP contribution is 2.50. The normalized spacial score (nSPS) is 20.0. The minimum atomic E-state index is -0.273. The van der Waals surface area contributed by atoms with Crippen LogP contribution < -0.4 is 4.74 Å². The third-order valence-corrected chi connectivity index (χ3v) is 7.02. The van der Waals surface area contributed by atoms with E-state index in [0.717, 1.165) is 43.5 Å². The molecule has 0 bridgehead atoms. The highest BCUT2D eigenvalue weighted by Gasteiger charge is 2.42. The number of rotatable bonds is 2. The van der Waals surface area contributed by atoms with E-state index in [1.54, 1.807) is 0 Å². The summed E-state index contributed by atoms with van der Waals surface area (Å²) in [6.45, 7) is 6.70. The average molecular weight is 540 g/mol. The third-order valence-electron chi connectivity index (χ3n) is 5.98. The largest absolute Gasteiger partial charge is 0.463 e. The van der Waals surface area contributed by atoms with Gasteiger partial charge in [-0.05, 0) is 44.6 Å². The fourth-order valence-corrected chi connectivity index (χ4v) is 5.64. The Morgan fingerprint density at radius 1 is 0.968 bits per heavy atom. The van der Waals surface area contributed by atoms with Gasteiger partial charge < -0.3 is 4.74 Å². The Hall–Kier alpha value is -2.11. The summed E-state index contributed by atoms with van der Waals surface area (Å²) in [5.74, 6) is 0.902. The second kappa shape index (κ2) is 7.79. The lowest BCUT2D eigenvalue weighted by Gasteiger charge is -2.39. The summed E-state index contributed by atoms with van der Waals surface area (Å²) >= 11 is 7.36. The maximum atomic E-state index is 6.58. The van der Waals surface area contributed by atoms with Gasteiger partial charge in [-0.15, -0.1) is 0 Å². The molecule has 2 aliphatic heterocycles. The van der Waals surface area contributed by atoms with Crippen molar-refractivity contribution in [1.29, 1.82) is 0 Å². The first kappa shape index (κ1) is 20.8. The molecule has 0 unspecified atom stereocenters. The maximum absolute atomic E-state index is 6.58. The minimum absolute atomic E-state index is 0.114. The van der Waals surface area contributed by atoms with Gasteiger partial charge in [0.2, 0.25) is 6.23 Å². The molecular formula is C26H24Br2N2O. The van der Waals surface area contributed by atoms with Gasteiger partial charge in [0.1, 0.15) is 5.75 Å². The maximum Gasteiger partial charge on any atom is 0.213 e. The van der Waals surface area contributed by atoms with Crippen LogP contribution in [0.4, 0.5) is 0 Å². The molecule has 0 amide bonds. The molecule has 3 nitrogen and oxygen atoms in total. The van der Waals surface area contributed by atoms with Crippen LogP contribution in [0.25, 0.3) is 0 Å². The van der Waals surface area contributed by atoms with E-state index >= 15 is 0 Å². The van der Waals surface area contributed by atoms with Crippen molar-refractivity contribution in [2.75, 3.05) is 0 Å². The van der Waals surface area contributed by atoms with Crippen LogP contribution in [0.5, 0.6) is 5.75 Å². The van der Waals surface area contributed by atoms with Gasteiger partial charge in [-0.25, -0.2) is 5.01 Å². The van der Waals surface area contributed by atoms with Crippen LogP contribution in [0.2, 0.25) is 0 Å². The molecule has 0 fully saturated rings. The van der Waals surface area contributed by atoms with Crippen LogP contribution in [0.15, 0.2) is 80.8 Å². The summed E-state index contributed by atoms with van der Waals surface area (Å²) < 4.78 is 8.57. The summed E-state index contributed by atoms with van der Waals surface area (Å²) in [5, 5.41) is 7.20. The van der Waals surface area contributed by atoms with Gasteiger partial charge >= 0.3 is 0 Å². The summed E-state index contributed by atoms with van der Waals surface area (Å²) in [4.78, 5) is 0. The van der Waals surface area contributed by atoms with Crippen molar-refractivity contribution in [3.63, 3.8) is 0 Å². The zero-order valence-corrected chi connectivity index (χ0v) is 20.9. The van der Waals surface area contributed by atoms with Crippen LogP contribution in [-0.4, -0.2) is 10.7 Å². The molecule has 2 aliphatic rings. The standard InChI is InChI=1S/C26H24Br2N2O/c1-26(2,3)18-11-9-17(10-12-18)25-30-23(15-22(29-30)16-7-5-4-6-8-16)20-13-19(27)14-21(28)24(20)31-25/h4-14,23,25H,15H2,1-3H3/t23-,25+/m0/s1. The van der Waals surface area contributed by atoms with Crippen molar-refractivity contribution in [2.45, 2.75) is 44.9 Å². The monoisotopic (exact) mass is 538 g/mol. The number of nitrogens with zero attached hydrogens (tertiary/aromatic N) is 2. The van der Waals surface area contributed by atoms with E-state index in [4.69, 9.17) is 9.84 Å². The molecule has 2 heterocycles. The van der Waals surface area contributed by atoms with E-state index in [0.29, 0.717) is 0 Å². The molecule has 0 saturated heterocycles. The lowest BCUT2D eigenvalue weighted by atomic mass is 9.86. The number of hydrogen-bond acceptors (Lipinski definition) is 3.